The molecule has 1 atom stereocenters. The predicted octanol–water partition coefficient (Wildman–Crippen LogP) is 5.52. The zero-order valence-electron chi connectivity index (χ0n) is 23.4. The van der Waals surface area contributed by atoms with Gasteiger partial charge in [0.25, 0.3) is 5.91 Å². The van der Waals surface area contributed by atoms with E-state index in [1.54, 1.807) is 31.6 Å². The van der Waals surface area contributed by atoms with Crippen molar-refractivity contribution in [1.82, 2.24) is 20.1 Å². The van der Waals surface area contributed by atoms with Gasteiger partial charge >= 0.3 is 12.2 Å². The molecule has 2 aromatic heterocycles. The van der Waals surface area contributed by atoms with Gasteiger partial charge in [-0.15, -0.1) is 0 Å². The van der Waals surface area contributed by atoms with Crippen molar-refractivity contribution in [2.24, 2.45) is 7.05 Å². The van der Waals surface area contributed by atoms with Crippen molar-refractivity contribution in [3.8, 4) is 0 Å². The third kappa shape index (κ3) is 8.67. The fraction of sp³-hybridized carbons (Fsp3) is 0.444. The summed E-state index contributed by atoms with van der Waals surface area (Å²) in [5.41, 5.74) is 0.803. The number of aromatic nitrogens is 3. The summed E-state index contributed by atoms with van der Waals surface area (Å²) in [6.07, 6.45) is 2.78. The Hall–Kier alpha value is -3.65. The van der Waals surface area contributed by atoms with Crippen LogP contribution in [-0.4, -0.2) is 57.6 Å². The van der Waals surface area contributed by atoms with Gasteiger partial charge in [0.2, 0.25) is 0 Å². The van der Waals surface area contributed by atoms with Crippen LogP contribution in [0.25, 0.3) is 0 Å². The number of aryl methyl sites for hydroxylation is 1. The van der Waals surface area contributed by atoms with Gasteiger partial charge in [0.1, 0.15) is 22.9 Å². The predicted molar refractivity (Wildman–Crippen MR) is 160 cm³/mol. The molecule has 1 fully saturated rings. The van der Waals surface area contributed by atoms with Gasteiger partial charge in [-0.3, -0.25) is 14.8 Å². The molecule has 12 nitrogen and oxygen atoms in total. The highest BCUT2D eigenvalue weighted by Crippen LogP contribution is 2.32. The van der Waals surface area contributed by atoms with E-state index < -0.39 is 23.7 Å². The Balaban J connectivity index is 1.37. The average molecular weight is 649 g/mol. The Morgan fingerprint density at radius 3 is 2.59 bits per heavy atom. The number of rotatable bonds is 7. The molecular formula is C27H34BrN7O5S. The lowest BCUT2D eigenvalue weighted by Gasteiger charge is -2.24. The van der Waals surface area contributed by atoms with Crippen LogP contribution in [0, 0.1) is 0 Å². The highest BCUT2D eigenvalue weighted by molar-refractivity contribution is 9.11. The van der Waals surface area contributed by atoms with Crippen molar-refractivity contribution in [3.63, 3.8) is 0 Å². The molecule has 1 aliphatic heterocycles. The number of ether oxygens (including phenoxy) is 2. The van der Waals surface area contributed by atoms with E-state index in [1.165, 1.54) is 0 Å². The molecule has 14 heteroatoms. The van der Waals surface area contributed by atoms with E-state index in [0.29, 0.717) is 29.1 Å². The summed E-state index contributed by atoms with van der Waals surface area (Å²) in [6, 6.07) is 9.50. The summed E-state index contributed by atoms with van der Waals surface area (Å²) >= 11 is 4.41. The maximum atomic E-state index is 13.3. The second-order valence-electron chi connectivity index (χ2n) is 10.6. The van der Waals surface area contributed by atoms with Crippen LogP contribution < -0.4 is 20.9 Å². The molecule has 0 aliphatic carbocycles. The first kappa shape index (κ1) is 30.3. The number of carbonyl (C=O) groups excluding carboxylic acids is 3. The van der Waals surface area contributed by atoms with Crippen LogP contribution in [0.5, 0.6) is 0 Å². The van der Waals surface area contributed by atoms with E-state index >= 15 is 0 Å². The van der Waals surface area contributed by atoms with Gasteiger partial charge in [0.15, 0.2) is 15.4 Å². The zero-order valence-corrected chi connectivity index (χ0v) is 25.8. The Bertz CT molecular complexity index is 1370. The normalized spacial score (nSPS) is 15.5. The molecule has 3 heterocycles. The molecule has 3 N–H and O–H groups in total. The molecule has 1 saturated heterocycles. The lowest BCUT2D eigenvalue weighted by molar-refractivity contribution is 0.0636. The van der Waals surface area contributed by atoms with Crippen LogP contribution in [0.1, 0.15) is 56.1 Å². The molecule has 1 aliphatic rings. The van der Waals surface area contributed by atoms with E-state index in [0.717, 1.165) is 35.6 Å². The van der Waals surface area contributed by atoms with Crippen LogP contribution in [-0.2, 0) is 23.1 Å². The number of alkyl carbamates (subject to hydrolysis) is 1. The number of anilines is 3. The molecule has 3 aromatic rings. The summed E-state index contributed by atoms with van der Waals surface area (Å²) in [4.78, 5) is 44.3. The van der Waals surface area contributed by atoms with Crippen molar-refractivity contribution in [2.75, 3.05) is 28.6 Å². The lowest BCUT2D eigenvalue weighted by atomic mass is 10.1. The van der Waals surface area contributed by atoms with Crippen LogP contribution in [0.2, 0.25) is 0 Å². The van der Waals surface area contributed by atoms with Gasteiger partial charge in [0, 0.05) is 26.2 Å². The second-order valence-corrected chi connectivity index (χ2v) is 12.8. The smallest absolute Gasteiger partial charge is 0.412 e. The number of benzene rings is 1. The van der Waals surface area contributed by atoms with Crippen LogP contribution in [0.3, 0.4) is 0 Å². The number of thiazole rings is 1. The SMILES string of the molecule is Cn1ncc(NC(=O)c2nc(Br)sc2NC(=O)OC(C)(C)C)c1N1CCC[C@@H](NC(=O)OCc2ccccc2)CC1. The summed E-state index contributed by atoms with van der Waals surface area (Å²) in [5.74, 6) is 0.240. The van der Waals surface area contributed by atoms with E-state index in [1.807, 2.05) is 37.4 Å². The molecule has 0 radical (unpaired) electrons. The first-order valence-electron chi connectivity index (χ1n) is 13.2. The zero-order chi connectivity index (χ0) is 29.6. The quantitative estimate of drug-likeness (QED) is 0.304. The summed E-state index contributed by atoms with van der Waals surface area (Å²) in [5, 5.41) is 13.1. The number of halogens is 1. The molecule has 0 spiro atoms. The van der Waals surface area contributed by atoms with Crippen molar-refractivity contribution in [3.05, 3.63) is 51.7 Å². The number of nitrogens with zero attached hydrogens (tertiary/aromatic N) is 4. The monoisotopic (exact) mass is 647 g/mol. The van der Waals surface area contributed by atoms with E-state index in [4.69, 9.17) is 9.47 Å². The minimum atomic E-state index is -0.691. The molecule has 220 valence electrons. The molecule has 3 amide bonds. The molecule has 0 saturated carbocycles. The van der Waals surface area contributed by atoms with Gasteiger partial charge in [-0.25, -0.2) is 14.6 Å². The van der Waals surface area contributed by atoms with Crippen molar-refractivity contribution in [1.29, 1.82) is 0 Å². The minimum absolute atomic E-state index is 0.0385. The van der Waals surface area contributed by atoms with Crippen LogP contribution in [0.4, 0.5) is 26.1 Å². The number of carbonyl (C=O) groups is 3. The molecule has 0 bridgehead atoms. The third-order valence-corrected chi connectivity index (χ3v) is 7.57. The average Bonchev–Trinajstić information content (AvgIpc) is 3.35. The summed E-state index contributed by atoms with van der Waals surface area (Å²) in [6.45, 7) is 6.84. The molecule has 0 unspecified atom stereocenters. The molecule has 1 aromatic carbocycles. The van der Waals surface area contributed by atoms with Gasteiger partial charge in [-0.1, -0.05) is 41.7 Å². The Morgan fingerprint density at radius 1 is 1.10 bits per heavy atom. The van der Waals surface area contributed by atoms with Gasteiger partial charge in [-0.05, 0) is 61.5 Å². The maximum Gasteiger partial charge on any atom is 0.412 e. The number of hydrogen-bond donors (Lipinski definition) is 3. The number of nitrogens with one attached hydrogen (secondary N) is 3. The van der Waals surface area contributed by atoms with Crippen LogP contribution >= 0.6 is 27.3 Å². The molecular weight excluding hydrogens is 614 g/mol. The van der Waals surface area contributed by atoms with E-state index in [2.05, 4.69) is 46.9 Å². The first-order chi connectivity index (χ1) is 19.5. The highest BCUT2D eigenvalue weighted by atomic mass is 79.9. The minimum Gasteiger partial charge on any atom is -0.445 e. The van der Waals surface area contributed by atoms with E-state index in [9.17, 15) is 14.4 Å². The summed E-state index contributed by atoms with van der Waals surface area (Å²) in [7, 11) is 1.81. The van der Waals surface area contributed by atoms with Gasteiger partial charge < -0.3 is 25.0 Å². The Kier molecular flexibility index (Phi) is 9.86. The molecule has 4 rings (SSSR count). The van der Waals surface area contributed by atoms with Crippen LogP contribution in [0.15, 0.2) is 40.4 Å². The Morgan fingerprint density at radius 2 is 1.85 bits per heavy atom. The second kappa shape index (κ2) is 13.3. The Labute approximate surface area is 250 Å². The lowest BCUT2D eigenvalue weighted by Crippen LogP contribution is -2.36. The number of hydrogen-bond acceptors (Lipinski definition) is 9. The van der Waals surface area contributed by atoms with Crippen molar-refractivity contribution in [2.45, 2.75) is 58.3 Å². The van der Waals surface area contributed by atoms with Gasteiger partial charge in [-0.2, -0.15) is 5.10 Å². The van der Waals surface area contributed by atoms with E-state index in [-0.39, 0.29) is 23.3 Å². The number of amides is 3. The topological polar surface area (TPSA) is 140 Å². The first-order valence-corrected chi connectivity index (χ1v) is 14.8. The standard InChI is InChI=1S/C27H34BrN7O5S/c1-27(2,3)40-26(38)33-22-20(32-24(28)41-22)21(36)31-19-15-29-34(4)23(19)35-13-8-11-18(12-14-35)30-25(37)39-16-17-9-6-5-7-10-17/h5-7,9-10,15,18H,8,11-14,16H2,1-4H3,(H,30,37)(H,31,36)(H,33,38)/t18-/m1/s1. The summed E-state index contributed by atoms with van der Waals surface area (Å²) < 4.78 is 12.8. The highest BCUT2D eigenvalue weighted by Gasteiger charge is 2.27. The fourth-order valence-corrected chi connectivity index (χ4v) is 5.73. The maximum absolute atomic E-state index is 13.3. The van der Waals surface area contributed by atoms with Crippen molar-refractivity contribution >= 4 is 61.9 Å². The van der Waals surface area contributed by atoms with Crippen molar-refractivity contribution < 1.29 is 23.9 Å². The molecule has 41 heavy (non-hydrogen) atoms. The van der Waals surface area contributed by atoms with Gasteiger partial charge in [0.05, 0.1) is 6.20 Å². The largest absolute Gasteiger partial charge is 0.445 e. The fourth-order valence-electron chi connectivity index (χ4n) is 4.39. The third-order valence-electron chi connectivity index (χ3n) is 6.15.